The number of carbonyl (C=O) groups is 1. The van der Waals surface area contributed by atoms with Gasteiger partial charge in [0.25, 0.3) is 0 Å². The molecule has 0 spiro atoms. The van der Waals surface area contributed by atoms with Gasteiger partial charge in [0, 0.05) is 12.6 Å². The Labute approximate surface area is 131 Å². The summed E-state index contributed by atoms with van der Waals surface area (Å²) in [7, 11) is 0. The van der Waals surface area contributed by atoms with E-state index in [2.05, 4.69) is 10.6 Å². The van der Waals surface area contributed by atoms with Crippen molar-refractivity contribution in [1.29, 1.82) is 0 Å². The van der Waals surface area contributed by atoms with Crippen LogP contribution in [0.4, 0.5) is 4.79 Å². The Morgan fingerprint density at radius 3 is 2.55 bits per heavy atom. The van der Waals surface area contributed by atoms with Gasteiger partial charge in [0.1, 0.15) is 5.60 Å². The zero-order chi connectivity index (χ0) is 16.8. The van der Waals surface area contributed by atoms with Gasteiger partial charge in [-0.15, -0.1) is 0 Å². The molecule has 0 aliphatic rings. The molecule has 0 aliphatic carbocycles. The van der Waals surface area contributed by atoms with Crippen molar-refractivity contribution in [2.24, 2.45) is 0 Å². The fourth-order valence-electron chi connectivity index (χ4n) is 1.81. The SMILES string of the molecule is CC(CCNCc1ccc(O)c(O)c1)NC(=O)OC(C)(C)C. The van der Waals surface area contributed by atoms with Crippen molar-refractivity contribution in [3.05, 3.63) is 23.8 Å². The van der Waals surface area contributed by atoms with Crippen LogP contribution >= 0.6 is 0 Å². The van der Waals surface area contributed by atoms with Crippen LogP contribution in [-0.4, -0.2) is 34.5 Å². The summed E-state index contributed by atoms with van der Waals surface area (Å²) in [5.41, 5.74) is 0.381. The third kappa shape index (κ3) is 7.17. The lowest BCUT2D eigenvalue weighted by Crippen LogP contribution is -2.38. The minimum absolute atomic E-state index is 0.00410. The molecule has 1 atom stereocenters. The molecule has 0 saturated carbocycles. The predicted molar refractivity (Wildman–Crippen MR) is 84.9 cm³/mol. The first-order valence-corrected chi connectivity index (χ1v) is 7.38. The number of ether oxygens (including phenoxy) is 1. The monoisotopic (exact) mass is 310 g/mol. The summed E-state index contributed by atoms with van der Waals surface area (Å²) in [5.74, 6) is -0.252. The Balaban J connectivity index is 2.23. The molecule has 124 valence electrons. The minimum atomic E-state index is -0.497. The minimum Gasteiger partial charge on any atom is -0.504 e. The first-order chi connectivity index (χ1) is 10.2. The van der Waals surface area contributed by atoms with E-state index in [4.69, 9.17) is 4.74 Å². The Hall–Kier alpha value is -1.95. The molecule has 0 saturated heterocycles. The number of benzene rings is 1. The van der Waals surface area contributed by atoms with E-state index >= 15 is 0 Å². The highest BCUT2D eigenvalue weighted by Crippen LogP contribution is 2.24. The number of alkyl carbamates (subject to hydrolysis) is 1. The van der Waals surface area contributed by atoms with E-state index in [0.717, 1.165) is 12.0 Å². The van der Waals surface area contributed by atoms with Crippen molar-refractivity contribution < 1.29 is 19.7 Å². The van der Waals surface area contributed by atoms with Crippen LogP contribution in [0.1, 0.15) is 39.7 Å². The summed E-state index contributed by atoms with van der Waals surface area (Å²) in [4.78, 5) is 11.6. The quantitative estimate of drug-likeness (QED) is 0.479. The van der Waals surface area contributed by atoms with Crippen molar-refractivity contribution in [2.45, 2.75) is 52.3 Å². The van der Waals surface area contributed by atoms with Gasteiger partial charge in [-0.2, -0.15) is 0 Å². The van der Waals surface area contributed by atoms with Crippen LogP contribution in [0.5, 0.6) is 11.5 Å². The molecule has 6 heteroatoms. The van der Waals surface area contributed by atoms with Crippen LogP contribution in [0.3, 0.4) is 0 Å². The van der Waals surface area contributed by atoms with Gasteiger partial charge in [-0.05, 0) is 58.4 Å². The average Bonchev–Trinajstić information content (AvgIpc) is 2.36. The molecule has 0 aromatic heterocycles. The number of rotatable bonds is 6. The fraction of sp³-hybridized carbons (Fsp3) is 0.562. The third-order valence-electron chi connectivity index (χ3n) is 2.89. The van der Waals surface area contributed by atoms with E-state index in [1.54, 1.807) is 6.07 Å². The van der Waals surface area contributed by atoms with Gasteiger partial charge in [0.05, 0.1) is 0 Å². The van der Waals surface area contributed by atoms with E-state index in [-0.39, 0.29) is 17.5 Å². The number of nitrogens with one attached hydrogen (secondary N) is 2. The number of amides is 1. The van der Waals surface area contributed by atoms with Crippen LogP contribution in [0.2, 0.25) is 0 Å². The maximum Gasteiger partial charge on any atom is 0.407 e. The highest BCUT2D eigenvalue weighted by Gasteiger charge is 2.17. The van der Waals surface area contributed by atoms with Crippen LogP contribution in [-0.2, 0) is 11.3 Å². The summed E-state index contributed by atoms with van der Waals surface area (Å²) >= 11 is 0. The summed E-state index contributed by atoms with van der Waals surface area (Å²) in [6.07, 6.45) is 0.340. The molecule has 22 heavy (non-hydrogen) atoms. The summed E-state index contributed by atoms with van der Waals surface area (Å²) in [5, 5.41) is 24.6. The Bertz CT molecular complexity index is 497. The largest absolute Gasteiger partial charge is 0.504 e. The molecule has 0 aliphatic heterocycles. The Kier molecular flexibility index (Phi) is 6.49. The molecule has 1 amide bonds. The molecule has 1 rings (SSSR count). The molecule has 0 heterocycles. The number of hydrogen-bond acceptors (Lipinski definition) is 5. The number of phenols is 2. The normalized spacial score (nSPS) is 12.7. The van der Waals surface area contributed by atoms with Gasteiger partial charge in [-0.1, -0.05) is 6.07 Å². The first-order valence-electron chi connectivity index (χ1n) is 7.38. The summed E-state index contributed by atoms with van der Waals surface area (Å²) in [6.45, 7) is 8.67. The van der Waals surface area contributed by atoms with Crippen LogP contribution in [0.25, 0.3) is 0 Å². The molecule has 0 radical (unpaired) electrons. The third-order valence-corrected chi connectivity index (χ3v) is 2.89. The van der Waals surface area contributed by atoms with Gasteiger partial charge in [-0.25, -0.2) is 4.79 Å². The van der Waals surface area contributed by atoms with Crippen LogP contribution in [0, 0.1) is 0 Å². The second-order valence-electron chi connectivity index (χ2n) is 6.34. The lowest BCUT2D eigenvalue weighted by atomic mass is 10.2. The summed E-state index contributed by atoms with van der Waals surface area (Å²) < 4.78 is 5.19. The van der Waals surface area contributed by atoms with Crippen molar-refractivity contribution in [3.63, 3.8) is 0 Å². The Morgan fingerprint density at radius 2 is 1.95 bits per heavy atom. The Morgan fingerprint density at radius 1 is 1.27 bits per heavy atom. The van der Waals surface area contributed by atoms with E-state index in [9.17, 15) is 15.0 Å². The molecule has 1 unspecified atom stereocenters. The van der Waals surface area contributed by atoms with Crippen molar-refractivity contribution in [3.8, 4) is 11.5 Å². The standard InChI is InChI=1S/C16H26N2O4/c1-11(18-15(21)22-16(2,3)4)7-8-17-10-12-5-6-13(19)14(20)9-12/h5-6,9,11,17,19-20H,7-8,10H2,1-4H3,(H,18,21). The predicted octanol–water partition coefficient (Wildman–Crippen LogP) is 2.49. The zero-order valence-electron chi connectivity index (χ0n) is 13.6. The molecular formula is C16H26N2O4. The number of hydrogen-bond donors (Lipinski definition) is 4. The smallest absolute Gasteiger partial charge is 0.407 e. The highest BCUT2D eigenvalue weighted by molar-refractivity contribution is 5.67. The molecule has 0 bridgehead atoms. The average molecular weight is 310 g/mol. The van der Waals surface area contributed by atoms with Gasteiger partial charge >= 0.3 is 6.09 Å². The molecule has 1 aromatic rings. The van der Waals surface area contributed by atoms with Crippen LogP contribution in [0.15, 0.2) is 18.2 Å². The maximum atomic E-state index is 11.6. The van der Waals surface area contributed by atoms with E-state index < -0.39 is 11.7 Å². The molecule has 4 N–H and O–H groups in total. The lowest BCUT2D eigenvalue weighted by Gasteiger charge is -2.22. The number of phenolic OH excluding ortho intramolecular Hbond substituents is 2. The highest BCUT2D eigenvalue weighted by atomic mass is 16.6. The van der Waals surface area contributed by atoms with Gasteiger partial charge < -0.3 is 25.6 Å². The molecular weight excluding hydrogens is 284 g/mol. The van der Waals surface area contributed by atoms with Crippen molar-refractivity contribution >= 4 is 6.09 Å². The van der Waals surface area contributed by atoms with E-state index in [0.29, 0.717) is 13.1 Å². The van der Waals surface area contributed by atoms with E-state index in [1.165, 1.54) is 12.1 Å². The van der Waals surface area contributed by atoms with Gasteiger partial charge in [0.15, 0.2) is 11.5 Å². The van der Waals surface area contributed by atoms with Gasteiger partial charge in [0.2, 0.25) is 0 Å². The zero-order valence-corrected chi connectivity index (χ0v) is 13.6. The topological polar surface area (TPSA) is 90.8 Å². The molecule has 0 fully saturated rings. The fourth-order valence-corrected chi connectivity index (χ4v) is 1.81. The van der Waals surface area contributed by atoms with Crippen molar-refractivity contribution in [1.82, 2.24) is 10.6 Å². The number of carbonyl (C=O) groups excluding carboxylic acids is 1. The summed E-state index contributed by atoms with van der Waals surface area (Å²) in [6, 6.07) is 4.71. The first kappa shape index (κ1) is 18.1. The van der Waals surface area contributed by atoms with Crippen LogP contribution < -0.4 is 10.6 Å². The molecule has 6 nitrogen and oxygen atoms in total. The van der Waals surface area contributed by atoms with E-state index in [1.807, 2.05) is 27.7 Å². The number of aromatic hydroxyl groups is 2. The lowest BCUT2D eigenvalue weighted by molar-refractivity contribution is 0.0506. The second-order valence-corrected chi connectivity index (χ2v) is 6.34. The van der Waals surface area contributed by atoms with Gasteiger partial charge in [-0.3, -0.25) is 0 Å². The van der Waals surface area contributed by atoms with Crippen molar-refractivity contribution in [2.75, 3.05) is 6.54 Å². The second kappa shape index (κ2) is 7.89. The maximum absolute atomic E-state index is 11.6. The molecule has 1 aromatic carbocycles.